The third-order valence-corrected chi connectivity index (χ3v) is 3.87. The monoisotopic (exact) mass is 311 g/mol. The summed E-state index contributed by atoms with van der Waals surface area (Å²) in [4.78, 5) is 0. The maximum Gasteiger partial charge on any atom is 0.177 e. The predicted octanol–water partition coefficient (Wildman–Crippen LogP) is 3.87. The number of rotatable bonds is 1. The summed E-state index contributed by atoms with van der Waals surface area (Å²) >= 11 is 3.46. The second kappa shape index (κ2) is 4.52. The molecule has 0 radical (unpaired) electrons. The highest BCUT2D eigenvalue weighted by Gasteiger charge is 2.15. The van der Waals surface area contributed by atoms with Gasteiger partial charge in [-0.2, -0.15) is 10.4 Å². The highest BCUT2D eigenvalue weighted by molar-refractivity contribution is 9.10. The molecule has 0 N–H and O–H groups in total. The van der Waals surface area contributed by atoms with E-state index in [1.54, 1.807) is 4.68 Å². The van der Waals surface area contributed by atoms with Crippen molar-refractivity contribution in [2.75, 3.05) is 0 Å². The van der Waals surface area contributed by atoms with Gasteiger partial charge in [-0.1, -0.05) is 36.4 Å². The molecular weight excluding hydrogens is 302 g/mol. The summed E-state index contributed by atoms with van der Waals surface area (Å²) in [6, 6.07) is 16.5. The average Bonchev–Trinajstić information content (AvgIpc) is 2.73. The Balaban J connectivity index is 2.25. The molecule has 0 aliphatic carbocycles. The van der Waals surface area contributed by atoms with Gasteiger partial charge in [0.1, 0.15) is 6.07 Å². The quantitative estimate of drug-likeness (QED) is 0.684. The van der Waals surface area contributed by atoms with Gasteiger partial charge in [-0.25, -0.2) is 0 Å². The van der Waals surface area contributed by atoms with E-state index in [0.717, 1.165) is 15.7 Å². The highest BCUT2D eigenvalue weighted by Crippen LogP contribution is 2.32. The molecule has 1 aromatic heterocycles. The molecule has 0 spiro atoms. The Bertz CT molecular complexity index is 812. The van der Waals surface area contributed by atoms with Gasteiger partial charge >= 0.3 is 0 Å². The van der Waals surface area contributed by atoms with E-state index in [1.807, 2.05) is 25.2 Å². The van der Waals surface area contributed by atoms with E-state index in [4.69, 9.17) is 5.26 Å². The molecule has 1 heterocycles. The van der Waals surface area contributed by atoms with Crippen molar-refractivity contribution in [3.8, 4) is 17.3 Å². The number of fused-ring (bicyclic) bond motifs is 1. The average molecular weight is 312 g/mol. The van der Waals surface area contributed by atoms with Crippen molar-refractivity contribution in [1.82, 2.24) is 9.78 Å². The lowest BCUT2D eigenvalue weighted by molar-refractivity contribution is 0.771. The first-order chi connectivity index (χ1) is 9.20. The third kappa shape index (κ3) is 1.92. The molecule has 19 heavy (non-hydrogen) atoms. The van der Waals surface area contributed by atoms with E-state index < -0.39 is 0 Å². The van der Waals surface area contributed by atoms with E-state index in [-0.39, 0.29) is 0 Å². The molecular formula is C15H10BrN3. The summed E-state index contributed by atoms with van der Waals surface area (Å²) < 4.78 is 2.47. The van der Waals surface area contributed by atoms with Crippen LogP contribution in [-0.4, -0.2) is 9.78 Å². The van der Waals surface area contributed by atoms with Gasteiger partial charge in [0.05, 0.1) is 10.2 Å². The standard InChI is InChI=1S/C15H10BrN3/c1-19-15(14(16)13(9-17)18-19)12-7-6-10-4-2-3-5-11(10)8-12/h2-8H,1H3. The molecule has 0 saturated carbocycles. The van der Waals surface area contributed by atoms with Crippen molar-refractivity contribution < 1.29 is 0 Å². The van der Waals surface area contributed by atoms with Gasteiger partial charge in [-0.15, -0.1) is 0 Å². The molecule has 0 saturated heterocycles. The van der Waals surface area contributed by atoms with Crippen molar-refractivity contribution in [3.05, 3.63) is 52.6 Å². The van der Waals surface area contributed by atoms with Crippen molar-refractivity contribution >= 4 is 26.7 Å². The van der Waals surface area contributed by atoms with Gasteiger partial charge < -0.3 is 0 Å². The lowest BCUT2D eigenvalue weighted by Gasteiger charge is -2.05. The summed E-state index contributed by atoms with van der Waals surface area (Å²) in [5, 5.41) is 15.6. The number of aromatic nitrogens is 2. The number of benzene rings is 2. The van der Waals surface area contributed by atoms with E-state index in [0.29, 0.717) is 5.69 Å². The van der Waals surface area contributed by atoms with Crippen molar-refractivity contribution in [2.45, 2.75) is 0 Å². The van der Waals surface area contributed by atoms with Crippen molar-refractivity contribution in [2.24, 2.45) is 7.05 Å². The van der Waals surface area contributed by atoms with E-state index in [1.165, 1.54) is 10.8 Å². The first-order valence-corrected chi connectivity index (χ1v) is 6.62. The second-order valence-corrected chi connectivity index (χ2v) is 5.10. The summed E-state index contributed by atoms with van der Waals surface area (Å²) in [7, 11) is 1.84. The zero-order chi connectivity index (χ0) is 13.4. The number of halogens is 1. The Kier molecular flexibility index (Phi) is 2.84. The molecule has 0 atom stereocenters. The third-order valence-electron chi connectivity index (χ3n) is 3.12. The normalized spacial score (nSPS) is 10.6. The minimum absolute atomic E-state index is 0.408. The highest BCUT2D eigenvalue weighted by atomic mass is 79.9. The number of nitriles is 1. The number of aryl methyl sites for hydroxylation is 1. The van der Waals surface area contributed by atoms with Gasteiger partial charge in [0.25, 0.3) is 0 Å². The fourth-order valence-corrected chi connectivity index (χ4v) is 2.87. The van der Waals surface area contributed by atoms with Crippen molar-refractivity contribution in [3.63, 3.8) is 0 Å². The van der Waals surface area contributed by atoms with Crippen LogP contribution in [-0.2, 0) is 7.05 Å². The van der Waals surface area contributed by atoms with Crippen LogP contribution in [0, 0.1) is 11.3 Å². The molecule has 92 valence electrons. The lowest BCUT2D eigenvalue weighted by Crippen LogP contribution is -1.94. The minimum atomic E-state index is 0.408. The Morgan fingerprint density at radius 3 is 2.58 bits per heavy atom. The van der Waals surface area contributed by atoms with Crippen LogP contribution in [0.2, 0.25) is 0 Å². The van der Waals surface area contributed by atoms with Crippen LogP contribution >= 0.6 is 15.9 Å². The fraction of sp³-hybridized carbons (Fsp3) is 0.0667. The molecule has 2 aromatic carbocycles. The van der Waals surface area contributed by atoms with E-state index in [2.05, 4.69) is 51.4 Å². The molecule has 3 aromatic rings. The van der Waals surface area contributed by atoms with Crippen LogP contribution in [0.1, 0.15) is 5.69 Å². The van der Waals surface area contributed by atoms with Gasteiger partial charge in [-0.3, -0.25) is 4.68 Å². The first-order valence-electron chi connectivity index (χ1n) is 5.82. The van der Waals surface area contributed by atoms with Crippen LogP contribution in [0.15, 0.2) is 46.9 Å². The maximum absolute atomic E-state index is 9.02. The molecule has 0 amide bonds. The minimum Gasteiger partial charge on any atom is -0.265 e. The van der Waals surface area contributed by atoms with Crippen LogP contribution in [0.3, 0.4) is 0 Å². The molecule has 0 unspecified atom stereocenters. The van der Waals surface area contributed by atoms with Crippen molar-refractivity contribution in [1.29, 1.82) is 5.26 Å². The van der Waals surface area contributed by atoms with Gasteiger partial charge in [0.15, 0.2) is 5.69 Å². The summed E-state index contributed by atoms with van der Waals surface area (Å²) in [6.07, 6.45) is 0. The Morgan fingerprint density at radius 1 is 1.16 bits per heavy atom. The van der Waals surface area contributed by atoms with Crippen LogP contribution in [0.4, 0.5) is 0 Å². The Labute approximate surface area is 119 Å². The smallest absolute Gasteiger partial charge is 0.177 e. The van der Waals surface area contributed by atoms with Gasteiger partial charge in [-0.05, 0) is 32.8 Å². The molecule has 3 nitrogen and oxygen atoms in total. The predicted molar refractivity (Wildman–Crippen MR) is 78.6 cm³/mol. The zero-order valence-corrected chi connectivity index (χ0v) is 11.8. The van der Waals surface area contributed by atoms with Gasteiger partial charge in [0.2, 0.25) is 0 Å². The maximum atomic E-state index is 9.02. The number of hydrogen-bond acceptors (Lipinski definition) is 2. The topological polar surface area (TPSA) is 41.6 Å². The first kappa shape index (κ1) is 11.9. The largest absolute Gasteiger partial charge is 0.265 e. The van der Waals surface area contributed by atoms with E-state index in [9.17, 15) is 0 Å². The van der Waals surface area contributed by atoms with Crippen LogP contribution in [0.25, 0.3) is 22.0 Å². The summed E-state index contributed by atoms with van der Waals surface area (Å²) in [6.45, 7) is 0. The Hall–Kier alpha value is -2.12. The van der Waals surface area contributed by atoms with Crippen LogP contribution < -0.4 is 0 Å². The Morgan fingerprint density at radius 2 is 1.89 bits per heavy atom. The molecule has 4 heteroatoms. The van der Waals surface area contributed by atoms with Gasteiger partial charge in [0, 0.05) is 12.6 Å². The molecule has 0 aliphatic rings. The summed E-state index contributed by atoms with van der Waals surface area (Å²) in [5.74, 6) is 0. The molecule has 0 aliphatic heterocycles. The molecule has 0 bridgehead atoms. The number of nitrogens with zero attached hydrogens (tertiary/aromatic N) is 3. The lowest BCUT2D eigenvalue weighted by atomic mass is 10.0. The fourth-order valence-electron chi connectivity index (χ4n) is 2.22. The SMILES string of the molecule is Cn1nc(C#N)c(Br)c1-c1ccc2ccccc2c1. The van der Waals surface area contributed by atoms with Crippen LogP contribution in [0.5, 0.6) is 0 Å². The zero-order valence-electron chi connectivity index (χ0n) is 10.3. The number of hydrogen-bond donors (Lipinski definition) is 0. The second-order valence-electron chi connectivity index (χ2n) is 4.31. The van der Waals surface area contributed by atoms with E-state index >= 15 is 0 Å². The summed E-state index contributed by atoms with van der Waals surface area (Å²) in [5.41, 5.74) is 2.37. The molecule has 0 fully saturated rings. The molecule has 3 rings (SSSR count).